The van der Waals surface area contributed by atoms with E-state index in [0.29, 0.717) is 11.1 Å². The molecule has 0 unspecified atom stereocenters. The fourth-order valence-electron chi connectivity index (χ4n) is 1.23. The lowest BCUT2D eigenvalue weighted by molar-refractivity contribution is 0.552. The molecule has 1 aliphatic rings. The molecule has 2 rings (SSSR count). The summed E-state index contributed by atoms with van der Waals surface area (Å²) in [6.07, 6.45) is 4.12. The van der Waals surface area contributed by atoms with Crippen molar-refractivity contribution >= 4 is 11.6 Å². The van der Waals surface area contributed by atoms with Crippen LogP contribution in [0.4, 0.5) is 0 Å². The molecule has 0 aliphatic heterocycles. The molecule has 2 nitrogen and oxygen atoms in total. The second-order valence-corrected chi connectivity index (χ2v) is 3.42. The Kier molecular flexibility index (Phi) is 1.66. The SMILES string of the molecule is N[C@@H](c1coc(Cl)c1)C1CC1. The van der Waals surface area contributed by atoms with Crippen LogP contribution in [0, 0.1) is 5.92 Å². The van der Waals surface area contributed by atoms with Gasteiger partial charge < -0.3 is 10.2 Å². The van der Waals surface area contributed by atoms with E-state index in [1.54, 1.807) is 12.3 Å². The molecule has 1 aliphatic carbocycles. The van der Waals surface area contributed by atoms with Gasteiger partial charge in [-0.25, -0.2) is 0 Å². The molecule has 0 aromatic carbocycles. The number of furan rings is 1. The predicted octanol–water partition coefficient (Wildman–Crippen LogP) is 2.34. The van der Waals surface area contributed by atoms with E-state index in [9.17, 15) is 0 Å². The third-order valence-corrected chi connectivity index (χ3v) is 2.30. The number of hydrogen-bond donors (Lipinski definition) is 1. The average Bonchev–Trinajstić information content (AvgIpc) is 2.74. The van der Waals surface area contributed by atoms with Gasteiger partial charge in [-0.05, 0) is 30.4 Å². The molecule has 1 fully saturated rings. The summed E-state index contributed by atoms with van der Waals surface area (Å²) in [4.78, 5) is 0. The maximum Gasteiger partial charge on any atom is 0.193 e. The van der Waals surface area contributed by atoms with Crippen LogP contribution >= 0.6 is 11.6 Å². The largest absolute Gasteiger partial charge is 0.453 e. The second kappa shape index (κ2) is 2.54. The van der Waals surface area contributed by atoms with Crippen molar-refractivity contribution in [2.75, 3.05) is 0 Å². The van der Waals surface area contributed by atoms with Crippen LogP contribution in [-0.2, 0) is 0 Å². The highest BCUT2D eigenvalue weighted by Crippen LogP contribution is 2.40. The molecule has 11 heavy (non-hydrogen) atoms. The molecule has 0 bridgehead atoms. The Labute approximate surface area is 70.3 Å². The smallest absolute Gasteiger partial charge is 0.193 e. The topological polar surface area (TPSA) is 39.2 Å². The quantitative estimate of drug-likeness (QED) is 0.742. The molecular formula is C8H10ClNO. The Morgan fingerprint density at radius 3 is 2.82 bits per heavy atom. The van der Waals surface area contributed by atoms with Gasteiger partial charge in [0.05, 0.1) is 6.26 Å². The molecular weight excluding hydrogens is 162 g/mol. The molecule has 1 saturated carbocycles. The van der Waals surface area contributed by atoms with Gasteiger partial charge in [0, 0.05) is 17.7 Å². The summed E-state index contributed by atoms with van der Waals surface area (Å²) in [5.41, 5.74) is 6.92. The zero-order valence-electron chi connectivity index (χ0n) is 6.09. The standard InChI is InChI=1S/C8H10ClNO/c9-7-3-6(4-11-7)8(10)5-1-2-5/h3-5,8H,1-2,10H2/t8-/m1/s1. The molecule has 0 amide bonds. The average molecular weight is 172 g/mol. The van der Waals surface area contributed by atoms with Crippen molar-refractivity contribution in [1.29, 1.82) is 0 Å². The van der Waals surface area contributed by atoms with Crippen LogP contribution in [0.2, 0.25) is 5.22 Å². The van der Waals surface area contributed by atoms with Crippen LogP contribution in [0.25, 0.3) is 0 Å². The van der Waals surface area contributed by atoms with E-state index in [0.717, 1.165) is 5.56 Å². The monoisotopic (exact) mass is 171 g/mol. The van der Waals surface area contributed by atoms with Crippen molar-refractivity contribution in [3.8, 4) is 0 Å². The zero-order valence-corrected chi connectivity index (χ0v) is 6.84. The molecule has 2 N–H and O–H groups in total. The van der Waals surface area contributed by atoms with Crippen LogP contribution in [0.1, 0.15) is 24.4 Å². The predicted molar refractivity (Wildman–Crippen MR) is 43.4 cm³/mol. The van der Waals surface area contributed by atoms with Crippen molar-refractivity contribution in [3.63, 3.8) is 0 Å². The van der Waals surface area contributed by atoms with E-state index >= 15 is 0 Å². The third-order valence-electron chi connectivity index (χ3n) is 2.10. The summed E-state index contributed by atoms with van der Waals surface area (Å²) in [6, 6.07) is 1.93. The van der Waals surface area contributed by atoms with Gasteiger partial charge in [-0.2, -0.15) is 0 Å². The summed E-state index contributed by atoms with van der Waals surface area (Å²) in [7, 11) is 0. The van der Waals surface area contributed by atoms with Gasteiger partial charge in [0.2, 0.25) is 0 Å². The lowest BCUT2D eigenvalue weighted by Crippen LogP contribution is -2.10. The first-order valence-electron chi connectivity index (χ1n) is 3.77. The molecule has 0 saturated heterocycles. The number of halogens is 1. The molecule has 0 radical (unpaired) electrons. The van der Waals surface area contributed by atoms with Gasteiger partial charge in [-0.3, -0.25) is 0 Å². The first-order chi connectivity index (χ1) is 5.27. The fourth-order valence-corrected chi connectivity index (χ4v) is 1.40. The fraction of sp³-hybridized carbons (Fsp3) is 0.500. The number of rotatable bonds is 2. The Morgan fingerprint density at radius 2 is 2.36 bits per heavy atom. The molecule has 0 spiro atoms. The first kappa shape index (κ1) is 7.19. The van der Waals surface area contributed by atoms with Crippen LogP contribution in [-0.4, -0.2) is 0 Å². The molecule has 1 atom stereocenters. The van der Waals surface area contributed by atoms with E-state index in [1.165, 1.54) is 12.8 Å². The number of hydrogen-bond acceptors (Lipinski definition) is 2. The summed E-state index contributed by atoms with van der Waals surface area (Å²) >= 11 is 5.61. The minimum Gasteiger partial charge on any atom is -0.453 e. The van der Waals surface area contributed by atoms with Crippen LogP contribution in [0.5, 0.6) is 0 Å². The van der Waals surface area contributed by atoms with E-state index < -0.39 is 0 Å². The Bertz CT molecular complexity index is 254. The summed E-state index contributed by atoms with van der Waals surface area (Å²) < 4.78 is 4.95. The summed E-state index contributed by atoms with van der Waals surface area (Å²) in [5.74, 6) is 0.656. The van der Waals surface area contributed by atoms with Crippen molar-refractivity contribution in [1.82, 2.24) is 0 Å². The van der Waals surface area contributed by atoms with E-state index in [-0.39, 0.29) is 6.04 Å². The first-order valence-corrected chi connectivity index (χ1v) is 4.14. The molecule has 60 valence electrons. The van der Waals surface area contributed by atoms with Crippen LogP contribution in [0.15, 0.2) is 16.7 Å². The Hall–Kier alpha value is -0.470. The second-order valence-electron chi connectivity index (χ2n) is 3.05. The summed E-state index contributed by atoms with van der Waals surface area (Å²) in [5, 5.41) is 0.427. The van der Waals surface area contributed by atoms with Gasteiger partial charge in [0.15, 0.2) is 5.22 Å². The molecule has 1 heterocycles. The van der Waals surface area contributed by atoms with Gasteiger partial charge >= 0.3 is 0 Å². The highest BCUT2D eigenvalue weighted by atomic mass is 35.5. The van der Waals surface area contributed by atoms with Crippen LogP contribution in [0.3, 0.4) is 0 Å². The van der Waals surface area contributed by atoms with Gasteiger partial charge in [0.1, 0.15) is 0 Å². The molecule has 1 aromatic rings. The van der Waals surface area contributed by atoms with Crippen molar-refractivity contribution in [3.05, 3.63) is 23.1 Å². The minimum atomic E-state index is 0.131. The maximum absolute atomic E-state index is 5.89. The third kappa shape index (κ3) is 1.42. The van der Waals surface area contributed by atoms with E-state index in [4.69, 9.17) is 21.8 Å². The molecule has 3 heteroatoms. The highest BCUT2D eigenvalue weighted by molar-refractivity contribution is 6.28. The zero-order chi connectivity index (χ0) is 7.84. The summed E-state index contributed by atoms with van der Waals surface area (Å²) in [6.45, 7) is 0. The van der Waals surface area contributed by atoms with Gasteiger partial charge in [0.25, 0.3) is 0 Å². The normalized spacial score (nSPS) is 20.2. The van der Waals surface area contributed by atoms with E-state index in [2.05, 4.69) is 0 Å². The number of nitrogens with two attached hydrogens (primary N) is 1. The van der Waals surface area contributed by atoms with Crippen molar-refractivity contribution < 1.29 is 4.42 Å². The van der Waals surface area contributed by atoms with Gasteiger partial charge in [-0.1, -0.05) is 0 Å². The highest BCUT2D eigenvalue weighted by Gasteiger charge is 2.30. The lowest BCUT2D eigenvalue weighted by atomic mass is 10.1. The van der Waals surface area contributed by atoms with Crippen molar-refractivity contribution in [2.24, 2.45) is 11.7 Å². The molecule has 1 aromatic heterocycles. The lowest BCUT2D eigenvalue weighted by Gasteiger charge is -2.04. The van der Waals surface area contributed by atoms with Crippen molar-refractivity contribution in [2.45, 2.75) is 18.9 Å². The Morgan fingerprint density at radius 1 is 1.64 bits per heavy atom. The minimum absolute atomic E-state index is 0.131. The van der Waals surface area contributed by atoms with E-state index in [1.807, 2.05) is 0 Å². The maximum atomic E-state index is 5.89. The van der Waals surface area contributed by atoms with Crippen LogP contribution < -0.4 is 5.73 Å². The Balaban J connectivity index is 2.14. The van der Waals surface area contributed by atoms with Gasteiger partial charge in [-0.15, -0.1) is 0 Å².